The third-order valence-electron chi connectivity index (χ3n) is 6.90. The Labute approximate surface area is 218 Å². The zero-order chi connectivity index (χ0) is 26.4. The van der Waals surface area contributed by atoms with Crippen LogP contribution in [0.5, 0.6) is 0 Å². The van der Waals surface area contributed by atoms with Crippen molar-refractivity contribution in [1.29, 1.82) is 0 Å². The number of aliphatic hydroxyl groups is 2. The Morgan fingerprint density at radius 3 is 2.35 bits per heavy atom. The fourth-order valence-electron chi connectivity index (χ4n) is 4.81. The first-order valence-electron chi connectivity index (χ1n) is 12.6. The van der Waals surface area contributed by atoms with Crippen LogP contribution >= 0.6 is 0 Å². The first kappa shape index (κ1) is 27.0. The number of carbonyl (C=O) groups is 1. The Balaban J connectivity index is 1.44. The topological polar surface area (TPSA) is 116 Å². The first-order chi connectivity index (χ1) is 17.8. The van der Waals surface area contributed by atoms with Gasteiger partial charge in [0.2, 0.25) is 15.9 Å². The molecule has 1 aliphatic carbocycles. The smallest absolute Gasteiger partial charge is 0.240 e. The van der Waals surface area contributed by atoms with Crippen molar-refractivity contribution < 1.29 is 23.4 Å². The van der Waals surface area contributed by atoms with E-state index in [0.29, 0.717) is 12.8 Å². The number of hydrogen-bond donors (Lipinski definition) is 4. The van der Waals surface area contributed by atoms with E-state index in [2.05, 4.69) is 10.0 Å². The van der Waals surface area contributed by atoms with Crippen LogP contribution in [0.25, 0.3) is 0 Å². The predicted octanol–water partition coefficient (Wildman–Crippen LogP) is 2.91. The summed E-state index contributed by atoms with van der Waals surface area (Å²) in [7, 11) is -3.80. The minimum atomic E-state index is -3.80. The Bertz CT molecular complexity index is 1300. The number of sulfonamides is 1. The van der Waals surface area contributed by atoms with Gasteiger partial charge in [-0.2, -0.15) is 0 Å². The second kappa shape index (κ2) is 12.0. The first-order valence-corrected chi connectivity index (χ1v) is 14.1. The van der Waals surface area contributed by atoms with Crippen molar-refractivity contribution in [2.24, 2.45) is 5.92 Å². The van der Waals surface area contributed by atoms with Crippen molar-refractivity contribution in [2.45, 2.75) is 55.8 Å². The number of benzene rings is 3. The van der Waals surface area contributed by atoms with Gasteiger partial charge in [-0.15, -0.1) is 0 Å². The molecule has 0 saturated carbocycles. The normalized spacial score (nSPS) is 18.7. The second-order valence-corrected chi connectivity index (χ2v) is 11.3. The summed E-state index contributed by atoms with van der Waals surface area (Å²) in [5, 5.41) is 24.3. The molecule has 0 bridgehead atoms. The number of rotatable bonds is 11. The molecule has 1 amide bonds. The number of amides is 1. The van der Waals surface area contributed by atoms with Crippen molar-refractivity contribution in [3.63, 3.8) is 0 Å². The van der Waals surface area contributed by atoms with Gasteiger partial charge in [0.05, 0.1) is 23.1 Å². The van der Waals surface area contributed by atoms with E-state index in [1.54, 1.807) is 24.3 Å². The molecule has 3 aromatic carbocycles. The standard InChI is InChI=1S/C29H34N2O5S/c1-2-20-12-14-25(15-13-20)37(35,36)30-19-24(32)17-23(16-21-8-4-3-5-9-21)29(34)31-28-26-11-7-6-10-22(26)18-27(28)33/h3-15,23-24,27-28,30,32-33H,2,16-19H2,1H3,(H,31,34)/t23-,24+,27-,28+/m1/s1. The highest BCUT2D eigenvalue weighted by Crippen LogP contribution is 2.32. The van der Waals surface area contributed by atoms with Crippen molar-refractivity contribution in [3.05, 3.63) is 101 Å². The van der Waals surface area contributed by atoms with E-state index in [4.69, 9.17) is 0 Å². The Kier molecular flexibility index (Phi) is 8.76. The summed E-state index contributed by atoms with van der Waals surface area (Å²) >= 11 is 0. The van der Waals surface area contributed by atoms with Crippen LogP contribution in [0.15, 0.2) is 83.8 Å². The van der Waals surface area contributed by atoms with E-state index in [9.17, 15) is 23.4 Å². The SMILES string of the molecule is CCc1ccc(S(=O)(=O)NC[C@@H](O)C[C@@H](Cc2ccccc2)C(=O)N[C@H]2c3ccccc3C[C@H]2O)cc1. The van der Waals surface area contributed by atoms with E-state index in [0.717, 1.165) is 28.7 Å². The molecule has 8 heteroatoms. The van der Waals surface area contributed by atoms with Gasteiger partial charge in [-0.05, 0) is 53.6 Å². The van der Waals surface area contributed by atoms with Gasteiger partial charge in [0, 0.05) is 18.9 Å². The number of fused-ring (bicyclic) bond motifs is 1. The zero-order valence-electron chi connectivity index (χ0n) is 20.9. The molecule has 0 radical (unpaired) electrons. The van der Waals surface area contributed by atoms with Crippen molar-refractivity contribution in [2.75, 3.05) is 6.54 Å². The summed E-state index contributed by atoms with van der Waals surface area (Å²) in [6.45, 7) is 1.78. The van der Waals surface area contributed by atoms with E-state index in [-0.39, 0.29) is 23.8 Å². The van der Waals surface area contributed by atoms with Crippen molar-refractivity contribution in [3.8, 4) is 0 Å². The van der Waals surface area contributed by atoms with Gasteiger partial charge in [0.1, 0.15) is 0 Å². The van der Waals surface area contributed by atoms with Gasteiger partial charge >= 0.3 is 0 Å². The average Bonchev–Trinajstić information content (AvgIpc) is 3.22. The number of aryl methyl sites for hydroxylation is 1. The summed E-state index contributed by atoms with van der Waals surface area (Å²) in [6, 6.07) is 23.2. The number of aliphatic hydroxyl groups excluding tert-OH is 2. The lowest BCUT2D eigenvalue weighted by atomic mass is 9.92. The summed E-state index contributed by atoms with van der Waals surface area (Å²) in [6.07, 6.45) is -0.101. The fraction of sp³-hybridized carbons (Fsp3) is 0.345. The molecule has 0 saturated heterocycles. The molecule has 4 atom stereocenters. The minimum Gasteiger partial charge on any atom is -0.392 e. The minimum absolute atomic E-state index is 0.0580. The maximum atomic E-state index is 13.4. The highest BCUT2D eigenvalue weighted by molar-refractivity contribution is 7.89. The largest absolute Gasteiger partial charge is 0.392 e. The van der Waals surface area contributed by atoms with Gasteiger partial charge in [0.25, 0.3) is 0 Å². The summed E-state index contributed by atoms with van der Waals surface area (Å²) in [4.78, 5) is 13.5. The van der Waals surface area contributed by atoms with Crippen LogP contribution in [0.1, 0.15) is 41.6 Å². The summed E-state index contributed by atoms with van der Waals surface area (Å²) in [5.74, 6) is -0.910. The van der Waals surface area contributed by atoms with E-state index < -0.39 is 34.2 Å². The van der Waals surface area contributed by atoms with Gasteiger partial charge in [-0.25, -0.2) is 13.1 Å². The van der Waals surface area contributed by atoms with Crippen LogP contribution in [-0.2, 0) is 34.1 Å². The zero-order valence-corrected chi connectivity index (χ0v) is 21.7. The summed E-state index contributed by atoms with van der Waals surface area (Å²) < 4.78 is 27.9. The Hall–Kier alpha value is -3.04. The predicted molar refractivity (Wildman–Crippen MR) is 142 cm³/mol. The molecule has 4 N–H and O–H groups in total. The van der Waals surface area contributed by atoms with Crippen LogP contribution in [-0.4, -0.2) is 43.3 Å². The molecular weight excluding hydrogens is 488 g/mol. The molecule has 3 aromatic rings. The molecule has 7 nitrogen and oxygen atoms in total. The molecule has 0 aliphatic heterocycles. The van der Waals surface area contributed by atoms with Crippen molar-refractivity contribution in [1.82, 2.24) is 10.0 Å². The third-order valence-corrected chi connectivity index (χ3v) is 8.34. The van der Waals surface area contributed by atoms with Crippen molar-refractivity contribution >= 4 is 15.9 Å². The lowest BCUT2D eigenvalue weighted by Gasteiger charge is -2.24. The van der Waals surface area contributed by atoms with E-state index >= 15 is 0 Å². The molecule has 0 fully saturated rings. The molecule has 0 aromatic heterocycles. The maximum Gasteiger partial charge on any atom is 0.240 e. The average molecular weight is 523 g/mol. The molecule has 0 unspecified atom stereocenters. The van der Waals surface area contributed by atoms with Crippen LogP contribution < -0.4 is 10.0 Å². The molecule has 196 valence electrons. The monoisotopic (exact) mass is 522 g/mol. The lowest BCUT2D eigenvalue weighted by Crippen LogP contribution is -2.41. The Morgan fingerprint density at radius 1 is 0.973 bits per heavy atom. The second-order valence-electron chi connectivity index (χ2n) is 9.58. The van der Waals surface area contributed by atoms with Crippen LogP contribution in [0.4, 0.5) is 0 Å². The quantitative estimate of drug-likeness (QED) is 0.309. The molecule has 0 heterocycles. The van der Waals surface area contributed by atoms with E-state index in [1.165, 1.54) is 0 Å². The lowest BCUT2D eigenvalue weighted by molar-refractivity contribution is -0.127. The molecule has 37 heavy (non-hydrogen) atoms. The molecule has 4 rings (SSSR count). The summed E-state index contributed by atoms with van der Waals surface area (Å²) in [5.41, 5.74) is 3.85. The Morgan fingerprint density at radius 2 is 1.65 bits per heavy atom. The van der Waals surface area contributed by atoms with Crippen LogP contribution in [0.2, 0.25) is 0 Å². The number of nitrogens with one attached hydrogen (secondary N) is 2. The molecular formula is C29H34N2O5S. The molecule has 0 spiro atoms. The van der Waals surface area contributed by atoms with Gasteiger partial charge < -0.3 is 15.5 Å². The third kappa shape index (κ3) is 6.84. The highest BCUT2D eigenvalue weighted by atomic mass is 32.2. The van der Waals surface area contributed by atoms with Gasteiger partial charge in [0.15, 0.2) is 0 Å². The van der Waals surface area contributed by atoms with Crippen LogP contribution in [0.3, 0.4) is 0 Å². The fourth-order valence-corrected chi connectivity index (χ4v) is 5.88. The van der Waals surface area contributed by atoms with Gasteiger partial charge in [-0.3, -0.25) is 4.79 Å². The maximum absolute atomic E-state index is 13.4. The van der Waals surface area contributed by atoms with Gasteiger partial charge in [-0.1, -0.05) is 73.7 Å². The number of carbonyl (C=O) groups excluding carboxylic acids is 1. The van der Waals surface area contributed by atoms with E-state index in [1.807, 2.05) is 61.5 Å². The number of hydrogen-bond acceptors (Lipinski definition) is 5. The van der Waals surface area contributed by atoms with Crippen LogP contribution in [0, 0.1) is 5.92 Å². The molecule has 1 aliphatic rings. The highest BCUT2D eigenvalue weighted by Gasteiger charge is 2.34.